The molecule has 6 rings (SSSR count). The monoisotopic (exact) mass is 644 g/mol. The number of ether oxygens (including phenoxy) is 1. The van der Waals surface area contributed by atoms with Gasteiger partial charge >= 0.3 is 6.18 Å². The smallest absolute Gasteiger partial charge is 0.383 e. The van der Waals surface area contributed by atoms with Crippen LogP contribution in [0.25, 0.3) is 22.5 Å². The highest BCUT2D eigenvalue weighted by Crippen LogP contribution is 2.41. The van der Waals surface area contributed by atoms with Crippen molar-refractivity contribution < 1.29 is 22.7 Å². The van der Waals surface area contributed by atoms with Gasteiger partial charge in [-0.3, -0.25) is 14.6 Å². The minimum absolute atomic E-state index is 0.0409. The first-order valence-electron chi connectivity index (χ1n) is 15.5. The van der Waals surface area contributed by atoms with Gasteiger partial charge in [0.25, 0.3) is 5.91 Å². The summed E-state index contributed by atoms with van der Waals surface area (Å²) in [7, 11) is 3.35. The van der Waals surface area contributed by atoms with Crippen LogP contribution in [0.4, 0.5) is 24.8 Å². The summed E-state index contributed by atoms with van der Waals surface area (Å²) < 4.78 is 50.4. The Morgan fingerprint density at radius 2 is 1.96 bits per heavy atom. The number of benzene rings is 2. The molecule has 1 atom stereocenters. The van der Waals surface area contributed by atoms with E-state index >= 15 is 0 Å². The highest BCUT2D eigenvalue weighted by atomic mass is 19.4. The van der Waals surface area contributed by atoms with Crippen LogP contribution in [0, 0.1) is 17.2 Å². The lowest BCUT2D eigenvalue weighted by Crippen LogP contribution is -2.33. The largest absolute Gasteiger partial charge is 0.416 e. The van der Waals surface area contributed by atoms with Crippen molar-refractivity contribution in [1.29, 1.82) is 5.26 Å². The fraction of sp³-hybridized carbons (Fsp3) is 0.382. The molecule has 0 spiro atoms. The van der Waals surface area contributed by atoms with E-state index in [1.54, 1.807) is 61.5 Å². The van der Waals surface area contributed by atoms with E-state index in [0.29, 0.717) is 65.1 Å². The van der Waals surface area contributed by atoms with Gasteiger partial charge in [-0.05, 0) is 84.0 Å². The van der Waals surface area contributed by atoms with Crippen molar-refractivity contribution in [1.82, 2.24) is 24.6 Å². The van der Waals surface area contributed by atoms with Gasteiger partial charge < -0.3 is 14.6 Å². The van der Waals surface area contributed by atoms with E-state index < -0.39 is 17.6 Å². The number of amides is 1. The third kappa shape index (κ3) is 6.70. The second kappa shape index (κ2) is 13.1. The Labute approximate surface area is 270 Å². The molecule has 4 heterocycles. The average Bonchev–Trinajstić information content (AvgIpc) is 3.62. The molecular formula is C34H35F3N8O2. The maximum absolute atomic E-state index is 14.5. The number of alkyl halides is 3. The second-order valence-electron chi connectivity index (χ2n) is 12.2. The van der Waals surface area contributed by atoms with E-state index in [0.717, 1.165) is 25.9 Å². The van der Waals surface area contributed by atoms with E-state index in [1.165, 1.54) is 11.0 Å². The molecule has 1 amide bonds. The minimum atomic E-state index is -4.64. The topological polar surface area (TPSA) is 112 Å². The standard InChI is InChI=1S/C34H35F3N8O2/c1-21-5-4-9-44(17-21)18-23-12-27-28(29(13-23)34(35,36)37)19-45(33(27)46)31-15-24(14-30(41-31)39-8-10-47-3)25-7-6-22(16-38)11-26(25)32-42-40-20-43(32)2/h6-7,11-15,20-21H,4-5,8-10,17-19H2,1-3H3,(H,39,41)/t21-/m0/s1. The molecule has 2 aliphatic rings. The summed E-state index contributed by atoms with van der Waals surface area (Å²) >= 11 is 0. The molecule has 1 saturated heterocycles. The molecule has 2 aromatic heterocycles. The van der Waals surface area contributed by atoms with E-state index in [1.807, 2.05) is 0 Å². The molecule has 13 heteroatoms. The summed E-state index contributed by atoms with van der Waals surface area (Å²) in [6.07, 6.45) is -1.00. The van der Waals surface area contributed by atoms with Crippen molar-refractivity contribution in [3.63, 3.8) is 0 Å². The molecule has 244 valence electrons. The van der Waals surface area contributed by atoms with Crippen LogP contribution in [0.3, 0.4) is 0 Å². The molecule has 1 N–H and O–H groups in total. The van der Waals surface area contributed by atoms with E-state index in [4.69, 9.17) is 4.74 Å². The summed E-state index contributed by atoms with van der Waals surface area (Å²) in [5.74, 6) is 1.03. The van der Waals surface area contributed by atoms with E-state index in [9.17, 15) is 23.2 Å². The number of fused-ring (bicyclic) bond motifs is 1. The highest BCUT2D eigenvalue weighted by Gasteiger charge is 2.41. The number of pyridine rings is 1. The van der Waals surface area contributed by atoms with Crippen LogP contribution in [0.1, 0.15) is 52.4 Å². The van der Waals surface area contributed by atoms with Crippen LogP contribution >= 0.6 is 0 Å². The fourth-order valence-corrected chi connectivity index (χ4v) is 6.45. The first-order chi connectivity index (χ1) is 22.5. The van der Waals surface area contributed by atoms with Crippen LogP contribution in [0.5, 0.6) is 0 Å². The third-order valence-electron chi connectivity index (χ3n) is 8.67. The Bertz CT molecular complexity index is 1850. The molecule has 0 bridgehead atoms. The van der Waals surface area contributed by atoms with Crippen molar-refractivity contribution >= 4 is 17.5 Å². The Hall–Kier alpha value is -4.80. The Morgan fingerprint density at radius 1 is 1.13 bits per heavy atom. The SMILES string of the molecule is COCCNc1cc(-c2ccc(C#N)cc2-c2nncn2C)cc(N2Cc3c(cc(CN4CCC[C@H](C)C4)cc3C(F)(F)F)C2=O)n1. The lowest BCUT2D eigenvalue weighted by atomic mass is 9.96. The van der Waals surface area contributed by atoms with Gasteiger partial charge in [0.1, 0.15) is 18.0 Å². The van der Waals surface area contributed by atoms with Crippen LogP contribution in [0.15, 0.2) is 48.8 Å². The summed E-state index contributed by atoms with van der Waals surface area (Å²) in [5, 5.41) is 21.0. The Kier molecular flexibility index (Phi) is 8.98. The maximum Gasteiger partial charge on any atom is 0.416 e. The molecule has 0 unspecified atom stereocenters. The minimum Gasteiger partial charge on any atom is -0.383 e. The Morgan fingerprint density at radius 3 is 2.66 bits per heavy atom. The van der Waals surface area contributed by atoms with Crippen LogP contribution in [-0.4, -0.2) is 63.9 Å². The number of nitrogens with one attached hydrogen (secondary N) is 1. The molecule has 1 fully saturated rings. The van der Waals surface area contributed by atoms with Crippen molar-refractivity contribution in [2.45, 2.75) is 39.0 Å². The van der Waals surface area contributed by atoms with Gasteiger partial charge in [0.05, 0.1) is 30.3 Å². The number of rotatable bonds is 9. The number of piperidine rings is 1. The lowest BCUT2D eigenvalue weighted by Gasteiger charge is -2.31. The van der Waals surface area contributed by atoms with Crippen molar-refractivity contribution in [3.8, 4) is 28.6 Å². The van der Waals surface area contributed by atoms with Crippen LogP contribution in [0.2, 0.25) is 0 Å². The van der Waals surface area contributed by atoms with Gasteiger partial charge in [-0.1, -0.05) is 13.0 Å². The first kappa shape index (κ1) is 32.2. The van der Waals surface area contributed by atoms with E-state index in [-0.39, 0.29) is 23.5 Å². The summed E-state index contributed by atoms with van der Waals surface area (Å²) in [6.45, 7) is 4.61. The van der Waals surface area contributed by atoms with Gasteiger partial charge in [-0.25, -0.2) is 4.98 Å². The third-order valence-corrected chi connectivity index (χ3v) is 8.67. The first-order valence-corrected chi connectivity index (χ1v) is 15.5. The van der Waals surface area contributed by atoms with Gasteiger partial charge in [0.15, 0.2) is 5.82 Å². The van der Waals surface area contributed by atoms with Gasteiger partial charge in [-0.15, -0.1) is 10.2 Å². The zero-order chi connectivity index (χ0) is 33.3. The normalized spacial score (nSPS) is 16.7. The second-order valence-corrected chi connectivity index (χ2v) is 12.2. The van der Waals surface area contributed by atoms with Crippen molar-refractivity contribution in [2.24, 2.45) is 13.0 Å². The number of carbonyl (C=O) groups is 1. The quantitative estimate of drug-likeness (QED) is 0.225. The summed E-state index contributed by atoms with van der Waals surface area (Å²) in [6, 6.07) is 13.6. The number of carbonyl (C=O) groups excluding carboxylic acids is 1. The maximum atomic E-state index is 14.5. The van der Waals surface area contributed by atoms with Crippen LogP contribution in [-0.2, 0) is 31.1 Å². The number of aromatic nitrogens is 4. The van der Waals surface area contributed by atoms with Crippen molar-refractivity contribution in [3.05, 3.63) is 76.6 Å². The highest BCUT2D eigenvalue weighted by molar-refractivity contribution is 6.10. The number of anilines is 2. The number of nitriles is 1. The number of nitrogens with zero attached hydrogens (tertiary/aromatic N) is 7. The molecule has 10 nitrogen and oxygen atoms in total. The summed E-state index contributed by atoms with van der Waals surface area (Å²) in [5.41, 5.74) is 1.99. The van der Waals surface area contributed by atoms with Crippen LogP contribution < -0.4 is 10.2 Å². The molecule has 47 heavy (non-hydrogen) atoms. The zero-order valence-corrected chi connectivity index (χ0v) is 26.4. The predicted molar refractivity (Wildman–Crippen MR) is 170 cm³/mol. The van der Waals surface area contributed by atoms with Gasteiger partial charge in [0, 0.05) is 44.9 Å². The molecule has 0 saturated carbocycles. The molecule has 0 aliphatic carbocycles. The summed E-state index contributed by atoms with van der Waals surface area (Å²) in [4.78, 5) is 22.1. The molecule has 4 aromatic rings. The molecule has 2 aliphatic heterocycles. The molecular weight excluding hydrogens is 609 g/mol. The fourth-order valence-electron chi connectivity index (χ4n) is 6.45. The average molecular weight is 645 g/mol. The molecule has 2 aromatic carbocycles. The number of methoxy groups -OCH3 is 1. The number of hydrogen-bond acceptors (Lipinski definition) is 8. The Balaban J connectivity index is 1.43. The van der Waals surface area contributed by atoms with Gasteiger partial charge in [-0.2, -0.15) is 18.4 Å². The van der Waals surface area contributed by atoms with Gasteiger partial charge in [0.2, 0.25) is 0 Å². The van der Waals surface area contributed by atoms with Crippen molar-refractivity contribution in [2.75, 3.05) is 43.6 Å². The number of likely N-dealkylation sites (tertiary alicyclic amines) is 1. The molecule has 0 radical (unpaired) electrons. The number of hydrogen-bond donors (Lipinski definition) is 1. The van der Waals surface area contributed by atoms with E-state index in [2.05, 4.69) is 38.4 Å². The predicted octanol–water partition coefficient (Wildman–Crippen LogP) is 5.89. The number of halogens is 3. The number of aryl methyl sites for hydroxylation is 1. The zero-order valence-electron chi connectivity index (χ0n) is 26.4. The lowest BCUT2D eigenvalue weighted by molar-refractivity contribution is -0.138.